The lowest BCUT2D eigenvalue weighted by molar-refractivity contribution is -0.126. The van der Waals surface area contributed by atoms with Crippen LogP contribution in [0, 0.1) is 17.6 Å². The summed E-state index contributed by atoms with van der Waals surface area (Å²) in [6, 6.07) is 4.59. The quantitative estimate of drug-likeness (QED) is 0.413. The van der Waals surface area contributed by atoms with Gasteiger partial charge in [0.25, 0.3) is 0 Å². The van der Waals surface area contributed by atoms with Crippen LogP contribution in [0.4, 0.5) is 14.6 Å². The molecular weight excluding hydrogens is 562 g/mol. The number of aliphatic imine (C=N–C) groups is 1. The predicted octanol–water partition coefficient (Wildman–Crippen LogP) is 4.70. The molecule has 2 aliphatic rings. The molecule has 0 bridgehead atoms. The maximum absolute atomic E-state index is 15.9. The summed E-state index contributed by atoms with van der Waals surface area (Å²) in [6.45, 7) is 10.4. The van der Waals surface area contributed by atoms with Crippen LogP contribution in [0.3, 0.4) is 0 Å². The van der Waals surface area contributed by atoms with Crippen molar-refractivity contribution in [3.8, 4) is 17.0 Å². The van der Waals surface area contributed by atoms with E-state index in [0.29, 0.717) is 37.4 Å². The Morgan fingerprint density at radius 3 is 2.62 bits per heavy atom. The second kappa shape index (κ2) is 11.7. The van der Waals surface area contributed by atoms with Crippen molar-refractivity contribution in [3.05, 3.63) is 64.7 Å². The number of phenolic OH excluding ortho intramolecular Hbond substituents is 1. The van der Waals surface area contributed by atoms with E-state index < -0.39 is 34.3 Å². The summed E-state index contributed by atoms with van der Waals surface area (Å²) in [5.41, 5.74) is -0.132. The fourth-order valence-electron chi connectivity index (χ4n) is 5.57. The highest BCUT2D eigenvalue weighted by Crippen LogP contribution is 2.38. The van der Waals surface area contributed by atoms with Gasteiger partial charge in [-0.2, -0.15) is 16.7 Å². The Labute approximate surface area is 246 Å². The van der Waals surface area contributed by atoms with Crippen molar-refractivity contribution in [1.82, 2.24) is 19.4 Å². The zero-order chi connectivity index (χ0) is 30.3. The largest absolute Gasteiger partial charge is 0.507 e. The Bertz CT molecular complexity index is 1680. The number of pyridine rings is 1. The minimum Gasteiger partial charge on any atom is -0.507 e. The van der Waals surface area contributed by atoms with Gasteiger partial charge in [0.1, 0.15) is 23.1 Å². The van der Waals surface area contributed by atoms with Crippen LogP contribution in [-0.4, -0.2) is 73.8 Å². The van der Waals surface area contributed by atoms with Crippen molar-refractivity contribution < 1.29 is 18.7 Å². The Balaban J connectivity index is 1.83. The number of aromatic nitrogens is 3. The normalized spacial score (nSPS) is 19.2. The molecule has 4 heterocycles. The number of aromatic hydroxyl groups is 1. The molecule has 1 N–H and O–H groups in total. The molecule has 0 aliphatic carbocycles. The van der Waals surface area contributed by atoms with Crippen LogP contribution < -0.4 is 10.6 Å². The summed E-state index contributed by atoms with van der Waals surface area (Å²) in [6.07, 6.45) is 5.56. The number of carbonyl (C=O) groups is 1. The lowest BCUT2D eigenvalue weighted by atomic mass is 10.0. The Kier molecular flexibility index (Phi) is 8.18. The minimum atomic E-state index is -0.884. The molecule has 1 saturated heterocycles. The maximum Gasteiger partial charge on any atom is 0.355 e. The van der Waals surface area contributed by atoms with Crippen molar-refractivity contribution in [2.75, 3.05) is 30.8 Å². The number of rotatable bonds is 6. The minimum absolute atomic E-state index is 0.0566. The van der Waals surface area contributed by atoms with E-state index in [4.69, 9.17) is 0 Å². The number of allylic oxidation sites excluding steroid dienone is 1. The van der Waals surface area contributed by atoms with E-state index in [2.05, 4.69) is 21.5 Å². The van der Waals surface area contributed by atoms with Crippen LogP contribution in [0.5, 0.6) is 5.75 Å². The zero-order valence-electron chi connectivity index (χ0n) is 23.8. The predicted molar refractivity (Wildman–Crippen MR) is 163 cm³/mol. The second-order valence-corrected chi connectivity index (χ2v) is 11.6. The molecule has 220 valence electrons. The number of fused-ring (bicyclic) bond motifs is 1. The molecule has 5 rings (SSSR count). The molecule has 1 unspecified atom stereocenters. The first-order valence-corrected chi connectivity index (χ1v) is 14.9. The summed E-state index contributed by atoms with van der Waals surface area (Å²) in [4.78, 5) is 43.4. The van der Waals surface area contributed by atoms with E-state index >= 15 is 4.39 Å². The number of benzene rings is 1. The number of hydrogen-bond donors (Lipinski definition) is 1. The summed E-state index contributed by atoms with van der Waals surface area (Å²) in [7, 11) is 0. The molecule has 1 aromatic carbocycles. The number of phenols is 1. The van der Waals surface area contributed by atoms with Gasteiger partial charge in [-0.1, -0.05) is 26.5 Å². The summed E-state index contributed by atoms with van der Waals surface area (Å²) >= 11 is 1.54. The van der Waals surface area contributed by atoms with Gasteiger partial charge in [0, 0.05) is 38.3 Å². The van der Waals surface area contributed by atoms with Crippen LogP contribution in [-0.2, 0) is 4.79 Å². The molecule has 9 nitrogen and oxygen atoms in total. The lowest BCUT2D eigenvalue weighted by Crippen LogP contribution is -2.54. The molecule has 1 amide bonds. The van der Waals surface area contributed by atoms with Crippen LogP contribution in [0.2, 0.25) is 0 Å². The van der Waals surface area contributed by atoms with Crippen LogP contribution >= 0.6 is 11.8 Å². The van der Waals surface area contributed by atoms with Crippen molar-refractivity contribution in [1.29, 1.82) is 0 Å². The number of halogens is 2. The first kappa shape index (κ1) is 29.4. The SMILES string of the molecule is C=CC(=O)N1CCN(c2nc(=O)n(C3=C(C(C)C)N=CCC3SC)c3nc(-c4c(O)cccc4F)c(F)cc23)[C@@H](C)C1. The van der Waals surface area contributed by atoms with Crippen LogP contribution in [0.25, 0.3) is 28.0 Å². The molecule has 2 atom stereocenters. The van der Waals surface area contributed by atoms with Gasteiger partial charge in [0.05, 0.1) is 27.6 Å². The number of nitrogens with zero attached hydrogens (tertiary/aromatic N) is 6. The number of thioether (sulfide) groups is 1. The second-order valence-electron chi connectivity index (χ2n) is 10.6. The first-order chi connectivity index (χ1) is 20.1. The molecule has 3 aromatic rings. The number of amides is 1. The van der Waals surface area contributed by atoms with E-state index in [-0.39, 0.29) is 40.0 Å². The smallest absolute Gasteiger partial charge is 0.355 e. The molecule has 0 spiro atoms. The molecule has 1 fully saturated rings. The number of carbonyl (C=O) groups excluding carboxylic acids is 1. The highest BCUT2D eigenvalue weighted by Gasteiger charge is 2.33. The van der Waals surface area contributed by atoms with E-state index in [1.807, 2.05) is 38.1 Å². The average Bonchev–Trinajstić information content (AvgIpc) is 2.96. The average molecular weight is 595 g/mol. The van der Waals surface area contributed by atoms with Gasteiger partial charge in [-0.15, -0.1) is 0 Å². The third kappa shape index (κ3) is 5.08. The van der Waals surface area contributed by atoms with Crippen molar-refractivity contribution >= 4 is 46.4 Å². The van der Waals surface area contributed by atoms with E-state index in [0.717, 1.165) is 6.07 Å². The van der Waals surface area contributed by atoms with Crippen LogP contribution in [0.15, 0.2) is 52.4 Å². The molecule has 2 aromatic heterocycles. The summed E-state index contributed by atoms with van der Waals surface area (Å²) in [5, 5.41) is 10.6. The van der Waals surface area contributed by atoms with E-state index in [1.165, 1.54) is 40.6 Å². The standard InChI is InChI=1S/C30H32F2N6O3S/c1-6-23(40)36-12-13-37(17(4)15-36)28-18-14-20(32)26(24-19(31)8-7-9-21(24)39)34-29(18)38(30(41)35-28)27-22(42-5)10-11-33-25(27)16(2)3/h6-9,11,14,16-17,22,39H,1,10,12-13,15H2,2-5H3/t17-,22?/m0/s1. The highest BCUT2D eigenvalue weighted by molar-refractivity contribution is 7.99. The van der Waals surface area contributed by atoms with E-state index in [1.54, 1.807) is 4.90 Å². The molecule has 0 saturated carbocycles. The number of anilines is 1. The van der Waals surface area contributed by atoms with Gasteiger partial charge < -0.3 is 14.9 Å². The number of piperazine rings is 1. The lowest BCUT2D eigenvalue weighted by Gasteiger charge is -2.40. The zero-order valence-corrected chi connectivity index (χ0v) is 24.7. The molecule has 0 radical (unpaired) electrons. The van der Waals surface area contributed by atoms with Gasteiger partial charge in [-0.3, -0.25) is 9.79 Å². The molecule has 12 heteroatoms. The van der Waals surface area contributed by atoms with Gasteiger partial charge in [-0.05, 0) is 43.4 Å². The van der Waals surface area contributed by atoms with Gasteiger partial charge in [-0.25, -0.2) is 23.1 Å². The van der Waals surface area contributed by atoms with Crippen molar-refractivity contribution in [2.45, 2.75) is 38.5 Å². The third-order valence-electron chi connectivity index (χ3n) is 7.61. The monoisotopic (exact) mass is 594 g/mol. The maximum atomic E-state index is 15.9. The highest BCUT2D eigenvalue weighted by atomic mass is 32.2. The Morgan fingerprint density at radius 1 is 1.21 bits per heavy atom. The van der Waals surface area contributed by atoms with Gasteiger partial charge >= 0.3 is 5.69 Å². The fraction of sp³-hybridized carbons (Fsp3) is 0.367. The van der Waals surface area contributed by atoms with E-state index in [9.17, 15) is 19.1 Å². The molecule has 2 aliphatic heterocycles. The van der Waals surface area contributed by atoms with Crippen LogP contribution in [0.1, 0.15) is 27.2 Å². The third-order valence-corrected chi connectivity index (χ3v) is 8.59. The molecular formula is C30H32F2N6O3S. The Hall–Kier alpha value is -4.06. The summed E-state index contributed by atoms with van der Waals surface area (Å²) < 4.78 is 32.2. The first-order valence-electron chi connectivity index (χ1n) is 13.7. The van der Waals surface area contributed by atoms with Gasteiger partial charge in [0.15, 0.2) is 11.5 Å². The fourth-order valence-corrected chi connectivity index (χ4v) is 6.29. The Morgan fingerprint density at radius 2 is 1.98 bits per heavy atom. The van der Waals surface area contributed by atoms with Crippen molar-refractivity contribution in [3.63, 3.8) is 0 Å². The summed E-state index contributed by atoms with van der Waals surface area (Å²) in [5.74, 6) is -2.26. The number of hydrogen-bond acceptors (Lipinski definition) is 8. The molecule has 42 heavy (non-hydrogen) atoms. The van der Waals surface area contributed by atoms with Gasteiger partial charge in [0.2, 0.25) is 5.91 Å². The van der Waals surface area contributed by atoms with Crippen molar-refractivity contribution in [2.24, 2.45) is 10.9 Å². The topological polar surface area (TPSA) is 104 Å².